The van der Waals surface area contributed by atoms with E-state index in [-0.39, 0.29) is 5.78 Å². The van der Waals surface area contributed by atoms with Crippen LogP contribution >= 0.6 is 27.7 Å². The van der Waals surface area contributed by atoms with Crippen LogP contribution in [0, 0.1) is 0 Å². The second kappa shape index (κ2) is 4.78. The van der Waals surface area contributed by atoms with Crippen molar-refractivity contribution in [1.82, 2.24) is 0 Å². The molecule has 0 spiro atoms. The van der Waals surface area contributed by atoms with Crippen LogP contribution in [0.2, 0.25) is 0 Å². The Morgan fingerprint density at radius 3 is 2.90 bits per heavy atom. The standard InChI is InChI=1S/C16H12BrNO2S/c1-20-10-7-11-13(19)4-5-18-12-3-2-9(17)6-14(12)21-15(8-10)16(11)18/h2-3,6-8H,4-5H2,1H3. The lowest BCUT2D eigenvalue weighted by molar-refractivity contribution is 0.0980. The van der Waals surface area contributed by atoms with Crippen molar-refractivity contribution in [3.05, 3.63) is 40.4 Å². The predicted molar refractivity (Wildman–Crippen MR) is 87.2 cm³/mol. The average Bonchev–Trinajstić information content (AvgIpc) is 2.49. The van der Waals surface area contributed by atoms with Gasteiger partial charge in [0.15, 0.2) is 5.78 Å². The zero-order valence-corrected chi connectivity index (χ0v) is 13.8. The zero-order valence-electron chi connectivity index (χ0n) is 11.4. The Balaban J connectivity index is 1.97. The molecule has 0 radical (unpaired) electrons. The highest BCUT2D eigenvalue weighted by molar-refractivity contribution is 9.10. The van der Waals surface area contributed by atoms with Gasteiger partial charge >= 0.3 is 0 Å². The van der Waals surface area contributed by atoms with Crippen LogP contribution in [0.5, 0.6) is 5.75 Å². The van der Waals surface area contributed by atoms with E-state index in [0.29, 0.717) is 6.42 Å². The van der Waals surface area contributed by atoms with Crippen LogP contribution in [0.3, 0.4) is 0 Å². The first kappa shape index (κ1) is 13.2. The topological polar surface area (TPSA) is 29.5 Å². The van der Waals surface area contributed by atoms with Crippen LogP contribution in [-0.2, 0) is 0 Å². The van der Waals surface area contributed by atoms with Gasteiger partial charge < -0.3 is 9.64 Å². The fourth-order valence-electron chi connectivity index (χ4n) is 2.88. The molecule has 0 aliphatic carbocycles. The number of carbonyl (C=O) groups is 1. The molecule has 21 heavy (non-hydrogen) atoms. The Morgan fingerprint density at radius 1 is 1.24 bits per heavy atom. The molecular formula is C16H12BrNO2S. The van der Waals surface area contributed by atoms with E-state index in [2.05, 4.69) is 33.0 Å². The minimum atomic E-state index is 0.197. The summed E-state index contributed by atoms with van der Waals surface area (Å²) in [5, 5.41) is 0. The monoisotopic (exact) mass is 361 g/mol. The van der Waals surface area contributed by atoms with Crippen LogP contribution in [-0.4, -0.2) is 19.4 Å². The first-order chi connectivity index (χ1) is 10.2. The zero-order chi connectivity index (χ0) is 14.6. The number of hydrogen-bond acceptors (Lipinski definition) is 4. The summed E-state index contributed by atoms with van der Waals surface area (Å²) in [6, 6.07) is 10.2. The van der Waals surface area contributed by atoms with Crippen molar-refractivity contribution in [1.29, 1.82) is 0 Å². The summed E-state index contributed by atoms with van der Waals surface area (Å²) < 4.78 is 6.41. The number of ether oxygens (including phenoxy) is 1. The number of rotatable bonds is 1. The van der Waals surface area contributed by atoms with Crippen molar-refractivity contribution in [2.24, 2.45) is 0 Å². The summed E-state index contributed by atoms with van der Waals surface area (Å²) in [6.07, 6.45) is 0.541. The van der Waals surface area contributed by atoms with Crippen LogP contribution in [0.25, 0.3) is 0 Å². The van der Waals surface area contributed by atoms with Gasteiger partial charge in [0.05, 0.1) is 18.5 Å². The quantitative estimate of drug-likeness (QED) is 0.739. The molecule has 0 saturated heterocycles. The van der Waals surface area contributed by atoms with Crippen molar-refractivity contribution in [3.63, 3.8) is 0 Å². The Kier molecular flexibility index (Phi) is 3.01. The molecule has 0 aromatic heterocycles. The van der Waals surface area contributed by atoms with Gasteiger partial charge in [-0.05, 0) is 30.3 Å². The highest BCUT2D eigenvalue weighted by Gasteiger charge is 2.32. The number of methoxy groups -OCH3 is 1. The van der Waals surface area contributed by atoms with Gasteiger partial charge in [-0.2, -0.15) is 0 Å². The Labute approximate surface area is 135 Å². The second-order valence-corrected chi connectivity index (χ2v) is 7.06. The van der Waals surface area contributed by atoms with Gasteiger partial charge in [0.25, 0.3) is 0 Å². The molecule has 2 aliphatic heterocycles. The number of hydrogen-bond donors (Lipinski definition) is 0. The van der Waals surface area contributed by atoms with Crippen molar-refractivity contribution < 1.29 is 9.53 Å². The smallest absolute Gasteiger partial charge is 0.166 e. The molecule has 0 atom stereocenters. The fraction of sp³-hybridized carbons (Fsp3) is 0.188. The van der Waals surface area contributed by atoms with Gasteiger partial charge in [-0.15, -0.1) is 0 Å². The first-order valence-corrected chi connectivity index (χ1v) is 8.28. The van der Waals surface area contributed by atoms with Crippen molar-refractivity contribution in [3.8, 4) is 5.75 Å². The van der Waals surface area contributed by atoms with Crippen molar-refractivity contribution in [2.75, 3.05) is 18.6 Å². The normalized spacial score (nSPS) is 15.5. The number of Topliss-reactive ketones (excluding diaryl/α,β-unsaturated/α-hetero) is 1. The third-order valence-corrected chi connectivity index (χ3v) is 5.42. The third kappa shape index (κ3) is 1.99. The van der Waals surface area contributed by atoms with Crippen LogP contribution in [0.1, 0.15) is 16.8 Å². The molecule has 2 aromatic rings. The number of anilines is 2. The highest BCUT2D eigenvalue weighted by Crippen LogP contribution is 2.52. The van der Waals surface area contributed by atoms with Gasteiger partial charge in [0.1, 0.15) is 5.75 Å². The van der Waals surface area contributed by atoms with Gasteiger partial charge in [-0.3, -0.25) is 4.79 Å². The molecule has 0 N–H and O–H groups in total. The molecule has 0 fully saturated rings. The van der Waals surface area contributed by atoms with Crippen LogP contribution < -0.4 is 9.64 Å². The van der Waals surface area contributed by atoms with Gasteiger partial charge in [0, 0.05) is 32.8 Å². The lowest BCUT2D eigenvalue weighted by Crippen LogP contribution is -2.30. The molecule has 0 amide bonds. The summed E-state index contributed by atoms with van der Waals surface area (Å²) in [5.41, 5.74) is 2.98. The molecule has 0 saturated carbocycles. The number of carbonyl (C=O) groups excluding carboxylic acids is 1. The summed E-state index contributed by atoms with van der Waals surface area (Å²) in [6.45, 7) is 0.736. The van der Waals surface area contributed by atoms with E-state index < -0.39 is 0 Å². The molecule has 2 heterocycles. The summed E-state index contributed by atoms with van der Waals surface area (Å²) in [7, 11) is 1.64. The van der Waals surface area contributed by atoms with Gasteiger partial charge in [-0.25, -0.2) is 0 Å². The highest BCUT2D eigenvalue weighted by atomic mass is 79.9. The molecule has 4 rings (SSSR count). The predicted octanol–water partition coefficient (Wildman–Crippen LogP) is 4.65. The Hall–Kier alpha value is -1.46. The Morgan fingerprint density at radius 2 is 2.10 bits per heavy atom. The number of halogens is 1. The van der Waals surface area contributed by atoms with E-state index in [1.807, 2.05) is 18.2 Å². The fourth-order valence-corrected chi connectivity index (χ4v) is 4.59. The minimum Gasteiger partial charge on any atom is -0.497 e. The molecule has 0 bridgehead atoms. The molecule has 3 nitrogen and oxygen atoms in total. The summed E-state index contributed by atoms with van der Waals surface area (Å²) in [4.78, 5) is 16.8. The molecule has 0 unspecified atom stereocenters. The van der Waals surface area contributed by atoms with E-state index in [1.165, 1.54) is 10.6 Å². The molecular weight excluding hydrogens is 350 g/mol. The van der Waals surface area contributed by atoms with E-state index in [4.69, 9.17) is 4.74 Å². The van der Waals surface area contributed by atoms with E-state index in [9.17, 15) is 4.79 Å². The first-order valence-electron chi connectivity index (χ1n) is 6.67. The minimum absolute atomic E-state index is 0.197. The number of fused-ring (bicyclic) bond motifs is 2. The summed E-state index contributed by atoms with van der Waals surface area (Å²) >= 11 is 5.22. The largest absolute Gasteiger partial charge is 0.497 e. The average molecular weight is 362 g/mol. The maximum Gasteiger partial charge on any atom is 0.166 e. The molecule has 2 aliphatic rings. The van der Waals surface area contributed by atoms with Gasteiger partial charge in [0.2, 0.25) is 0 Å². The van der Waals surface area contributed by atoms with E-state index in [1.54, 1.807) is 18.9 Å². The number of nitrogens with zero attached hydrogens (tertiary/aromatic N) is 1. The maximum atomic E-state index is 12.3. The van der Waals surface area contributed by atoms with E-state index in [0.717, 1.165) is 32.9 Å². The summed E-state index contributed by atoms with van der Waals surface area (Å²) in [5.74, 6) is 0.937. The van der Waals surface area contributed by atoms with E-state index >= 15 is 0 Å². The van der Waals surface area contributed by atoms with Crippen LogP contribution in [0.4, 0.5) is 11.4 Å². The SMILES string of the molecule is COc1cc2c3c(c1)C(=O)CCN3c1ccc(Br)cc1S2. The number of benzene rings is 2. The van der Waals surface area contributed by atoms with Gasteiger partial charge in [-0.1, -0.05) is 27.7 Å². The van der Waals surface area contributed by atoms with Crippen LogP contribution in [0.15, 0.2) is 44.6 Å². The lowest BCUT2D eigenvalue weighted by Gasteiger charge is -2.37. The maximum absolute atomic E-state index is 12.3. The molecule has 5 heteroatoms. The third-order valence-electron chi connectivity index (χ3n) is 3.85. The Bertz CT molecular complexity index is 775. The van der Waals surface area contributed by atoms with Crippen molar-refractivity contribution >= 4 is 44.8 Å². The lowest BCUT2D eigenvalue weighted by atomic mass is 9.99. The number of ketones is 1. The molecule has 106 valence electrons. The molecule has 2 aromatic carbocycles. The second-order valence-electron chi connectivity index (χ2n) is 5.06. The van der Waals surface area contributed by atoms with Crippen molar-refractivity contribution in [2.45, 2.75) is 16.2 Å².